The first-order valence-electron chi connectivity index (χ1n) is 11.7. The molecule has 0 spiro atoms. The van der Waals surface area contributed by atoms with Crippen LogP contribution in [0.25, 0.3) is 0 Å². The zero-order valence-corrected chi connectivity index (χ0v) is 21.6. The van der Waals surface area contributed by atoms with Gasteiger partial charge in [0.05, 0.1) is 17.8 Å². The Hall–Kier alpha value is -3.98. The molecular weight excluding hydrogens is 492 g/mol. The van der Waals surface area contributed by atoms with Crippen molar-refractivity contribution in [3.8, 4) is 11.5 Å². The summed E-state index contributed by atoms with van der Waals surface area (Å²) in [7, 11) is 0. The summed E-state index contributed by atoms with van der Waals surface area (Å²) in [4.78, 5) is 40.0. The van der Waals surface area contributed by atoms with Crippen molar-refractivity contribution < 1.29 is 29.0 Å². The van der Waals surface area contributed by atoms with E-state index in [1.54, 1.807) is 26.8 Å². The summed E-state index contributed by atoms with van der Waals surface area (Å²) in [5, 5.41) is 12.2. The molecule has 4 rings (SSSR count). The lowest BCUT2D eigenvalue weighted by Crippen LogP contribution is -2.50. The van der Waals surface area contributed by atoms with Gasteiger partial charge in [-0.05, 0) is 68.8 Å². The average Bonchev–Trinajstić information content (AvgIpc) is 2.96. The van der Waals surface area contributed by atoms with Gasteiger partial charge in [-0.3, -0.25) is 4.79 Å². The topological polar surface area (TPSA) is 105 Å². The second-order valence-corrected chi connectivity index (χ2v) is 10.5. The standard InChI is InChI=1S/C28H28N2O6S/c1-28(2,3)36-27(34)29-22-17-37-24-14-11-19(26(32)33)15-23(24)30(25(22)31)16-18-9-12-21(13-10-18)35-20-7-5-4-6-8-20/h4-15,22H,16-17H2,1-3H3,(H,29,34)(H,32,33). The van der Waals surface area contributed by atoms with Crippen LogP contribution < -0.4 is 15.0 Å². The van der Waals surface area contributed by atoms with Gasteiger partial charge in [0.15, 0.2) is 0 Å². The second kappa shape index (κ2) is 11.0. The van der Waals surface area contributed by atoms with E-state index < -0.39 is 23.7 Å². The van der Waals surface area contributed by atoms with E-state index in [0.717, 1.165) is 10.5 Å². The van der Waals surface area contributed by atoms with Crippen molar-refractivity contribution in [3.05, 3.63) is 83.9 Å². The number of ether oxygens (including phenoxy) is 2. The van der Waals surface area contributed by atoms with E-state index in [1.807, 2.05) is 54.6 Å². The number of nitrogens with zero attached hydrogens (tertiary/aromatic N) is 1. The number of carboxylic acids is 1. The van der Waals surface area contributed by atoms with Crippen LogP contribution in [-0.2, 0) is 16.1 Å². The Kier molecular flexibility index (Phi) is 7.73. The molecule has 0 radical (unpaired) electrons. The summed E-state index contributed by atoms with van der Waals surface area (Å²) < 4.78 is 11.2. The zero-order valence-electron chi connectivity index (χ0n) is 20.8. The van der Waals surface area contributed by atoms with Gasteiger partial charge in [-0.25, -0.2) is 9.59 Å². The molecule has 8 nitrogen and oxygen atoms in total. The van der Waals surface area contributed by atoms with Crippen molar-refractivity contribution in [3.63, 3.8) is 0 Å². The molecule has 1 aliphatic heterocycles. The third-order valence-corrected chi connectivity index (χ3v) is 6.56. The molecule has 1 unspecified atom stereocenters. The molecule has 3 aromatic carbocycles. The molecule has 0 fully saturated rings. The van der Waals surface area contributed by atoms with E-state index in [4.69, 9.17) is 9.47 Å². The third-order valence-electron chi connectivity index (χ3n) is 5.40. The fourth-order valence-electron chi connectivity index (χ4n) is 3.72. The van der Waals surface area contributed by atoms with E-state index in [-0.39, 0.29) is 23.8 Å². The van der Waals surface area contributed by atoms with Crippen LogP contribution in [0.5, 0.6) is 11.5 Å². The Morgan fingerprint density at radius 1 is 1.03 bits per heavy atom. The highest BCUT2D eigenvalue weighted by atomic mass is 32.2. The summed E-state index contributed by atoms with van der Waals surface area (Å²) in [6, 6.07) is 20.5. The van der Waals surface area contributed by atoms with Crippen molar-refractivity contribution in [2.24, 2.45) is 0 Å². The number of carbonyl (C=O) groups excluding carboxylic acids is 2. The lowest BCUT2D eigenvalue weighted by molar-refractivity contribution is -0.120. The molecule has 2 N–H and O–H groups in total. The number of amides is 2. The number of anilines is 1. The molecule has 0 aliphatic carbocycles. The first-order chi connectivity index (χ1) is 17.6. The first-order valence-corrected chi connectivity index (χ1v) is 12.7. The van der Waals surface area contributed by atoms with Crippen LogP contribution in [0.3, 0.4) is 0 Å². The fourth-order valence-corrected chi connectivity index (χ4v) is 4.77. The minimum Gasteiger partial charge on any atom is -0.478 e. The van der Waals surface area contributed by atoms with Gasteiger partial charge in [0.25, 0.3) is 5.91 Å². The average molecular weight is 521 g/mol. The molecule has 0 bridgehead atoms. The number of rotatable bonds is 6. The Balaban J connectivity index is 1.60. The van der Waals surface area contributed by atoms with Crippen LogP contribution in [0.15, 0.2) is 77.7 Å². The van der Waals surface area contributed by atoms with E-state index in [0.29, 0.717) is 17.2 Å². The third kappa shape index (κ3) is 6.83. The maximum atomic E-state index is 13.7. The highest BCUT2D eigenvalue weighted by Crippen LogP contribution is 2.36. The van der Waals surface area contributed by atoms with Gasteiger partial charge in [0.2, 0.25) is 0 Å². The molecule has 3 aromatic rings. The molecule has 1 heterocycles. The zero-order chi connectivity index (χ0) is 26.6. The highest BCUT2D eigenvalue weighted by Gasteiger charge is 2.33. The van der Waals surface area contributed by atoms with Crippen LogP contribution in [0, 0.1) is 0 Å². The summed E-state index contributed by atoms with van der Waals surface area (Å²) in [5.74, 6) is 0.184. The number of benzene rings is 3. The lowest BCUT2D eigenvalue weighted by Gasteiger charge is -2.27. The minimum atomic E-state index is -1.09. The normalized spacial score (nSPS) is 15.4. The lowest BCUT2D eigenvalue weighted by atomic mass is 10.1. The molecular formula is C28H28N2O6S. The van der Waals surface area contributed by atoms with E-state index in [1.165, 1.54) is 28.8 Å². The van der Waals surface area contributed by atoms with Gasteiger partial charge >= 0.3 is 12.1 Å². The minimum absolute atomic E-state index is 0.0716. The van der Waals surface area contributed by atoms with Crippen molar-refractivity contribution in [1.82, 2.24) is 5.32 Å². The monoisotopic (exact) mass is 520 g/mol. The van der Waals surface area contributed by atoms with Gasteiger partial charge in [-0.2, -0.15) is 0 Å². The Morgan fingerprint density at radius 2 is 1.70 bits per heavy atom. The predicted octanol–water partition coefficient (Wildman–Crippen LogP) is 5.71. The molecule has 0 saturated heterocycles. The molecule has 9 heteroatoms. The fraction of sp³-hybridized carbons (Fsp3) is 0.250. The number of para-hydroxylation sites is 1. The molecule has 37 heavy (non-hydrogen) atoms. The molecule has 192 valence electrons. The van der Waals surface area contributed by atoms with Gasteiger partial charge in [0.1, 0.15) is 23.1 Å². The van der Waals surface area contributed by atoms with Crippen LogP contribution in [-0.4, -0.2) is 40.5 Å². The predicted molar refractivity (Wildman–Crippen MR) is 141 cm³/mol. The van der Waals surface area contributed by atoms with E-state index in [2.05, 4.69) is 5.32 Å². The Bertz CT molecular complexity index is 1290. The van der Waals surface area contributed by atoms with Gasteiger partial charge in [0, 0.05) is 10.6 Å². The maximum Gasteiger partial charge on any atom is 0.408 e. The SMILES string of the molecule is CC(C)(C)OC(=O)NC1CSc2ccc(C(=O)O)cc2N(Cc2ccc(Oc3ccccc3)cc2)C1=O. The number of fused-ring (bicyclic) bond motifs is 1. The van der Waals surface area contributed by atoms with Crippen LogP contribution in [0.2, 0.25) is 0 Å². The Labute approximate surface area is 219 Å². The first kappa shape index (κ1) is 26.1. The summed E-state index contributed by atoms with van der Waals surface area (Å²) in [6.07, 6.45) is -0.689. The largest absolute Gasteiger partial charge is 0.478 e. The number of aromatic carboxylic acids is 1. The summed E-state index contributed by atoms with van der Waals surface area (Å²) in [6.45, 7) is 5.42. The van der Waals surface area contributed by atoms with Gasteiger partial charge in [-0.1, -0.05) is 30.3 Å². The number of alkyl carbamates (subject to hydrolysis) is 1. The molecule has 1 aliphatic rings. The number of carbonyl (C=O) groups is 3. The second-order valence-electron chi connectivity index (χ2n) is 9.48. The van der Waals surface area contributed by atoms with Gasteiger partial charge < -0.3 is 24.8 Å². The van der Waals surface area contributed by atoms with Crippen LogP contribution in [0.4, 0.5) is 10.5 Å². The number of nitrogens with one attached hydrogen (secondary N) is 1. The number of hydrogen-bond acceptors (Lipinski definition) is 6. The highest BCUT2D eigenvalue weighted by molar-refractivity contribution is 7.99. The van der Waals surface area contributed by atoms with Crippen molar-refractivity contribution in [2.75, 3.05) is 10.7 Å². The van der Waals surface area contributed by atoms with E-state index >= 15 is 0 Å². The summed E-state index contributed by atoms with van der Waals surface area (Å²) in [5.41, 5.74) is 0.645. The van der Waals surface area contributed by atoms with Crippen molar-refractivity contribution >= 4 is 35.4 Å². The van der Waals surface area contributed by atoms with Crippen molar-refractivity contribution in [2.45, 2.75) is 43.9 Å². The van der Waals surface area contributed by atoms with Gasteiger partial charge in [-0.15, -0.1) is 11.8 Å². The Morgan fingerprint density at radius 3 is 2.35 bits per heavy atom. The maximum absolute atomic E-state index is 13.7. The van der Waals surface area contributed by atoms with Crippen LogP contribution >= 0.6 is 11.8 Å². The molecule has 2 amide bonds. The number of hydrogen-bond donors (Lipinski definition) is 2. The number of carboxylic acid groups (broad SMARTS) is 1. The quantitative estimate of drug-likeness (QED) is 0.429. The van der Waals surface area contributed by atoms with Crippen molar-refractivity contribution in [1.29, 1.82) is 0 Å². The molecule has 0 saturated carbocycles. The van der Waals surface area contributed by atoms with Crippen LogP contribution in [0.1, 0.15) is 36.7 Å². The summed E-state index contributed by atoms with van der Waals surface area (Å²) >= 11 is 1.37. The smallest absolute Gasteiger partial charge is 0.408 e. The number of thioether (sulfide) groups is 1. The molecule has 0 aromatic heterocycles. The molecule has 1 atom stereocenters. The van der Waals surface area contributed by atoms with E-state index in [9.17, 15) is 19.5 Å².